The van der Waals surface area contributed by atoms with Crippen molar-refractivity contribution < 1.29 is 24.3 Å². The third-order valence-electron chi connectivity index (χ3n) is 8.26. The molecule has 5 amide bonds. The molecule has 0 radical (unpaired) electrons. The van der Waals surface area contributed by atoms with Crippen LogP contribution in [-0.2, 0) is 9.59 Å². The van der Waals surface area contributed by atoms with E-state index in [0.29, 0.717) is 23.0 Å². The van der Waals surface area contributed by atoms with Crippen LogP contribution in [0.3, 0.4) is 0 Å². The molecule has 0 bridgehead atoms. The summed E-state index contributed by atoms with van der Waals surface area (Å²) in [6.07, 6.45) is 13.1. The summed E-state index contributed by atoms with van der Waals surface area (Å²) in [6, 6.07) is 0.970. The molecule has 4 rings (SSSR count). The van der Waals surface area contributed by atoms with Gasteiger partial charge in [-0.05, 0) is 71.0 Å². The molecule has 15 heteroatoms. The van der Waals surface area contributed by atoms with E-state index in [1.165, 1.54) is 6.42 Å². The highest BCUT2D eigenvalue weighted by Gasteiger charge is 2.43. The topological polar surface area (TPSA) is 227 Å². The van der Waals surface area contributed by atoms with E-state index in [0.717, 1.165) is 108 Å². The first kappa shape index (κ1) is 39.2. The van der Waals surface area contributed by atoms with Crippen molar-refractivity contribution in [2.24, 2.45) is 17.2 Å². The maximum atomic E-state index is 11.7. The SMILES string of the molecule is NCCCCCN.NCCCCCNC(=O)CCCCC1SC[C@@H]2NC(=O)N[C@H]12.O=C(O)CCCC[C@@H]1SC[C@@H]2NC(=O)N[C@@H]21. The molecule has 12 N–H and O–H groups in total. The monoisotopic (exact) mass is 674 g/mol. The van der Waals surface area contributed by atoms with Gasteiger partial charge in [-0.1, -0.05) is 25.7 Å². The van der Waals surface area contributed by atoms with Crippen LogP contribution in [0.4, 0.5) is 9.59 Å². The minimum Gasteiger partial charge on any atom is -0.481 e. The number of nitrogens with two attached hydrogens (primary N) is 3. The van der Waals surface area contributed by atoms with E-state index in [9.17, 15) is 19.2 Å². The summed E-state index contributed by atoms with van der Waals surface area (Å²) in [4.78, 5) is 44.4. The molecule has 0 aromatic rings. The number of hydrogen-bond donors (Lipinski definition) is 9. The van der Waals surface area contributed by atoms with Gasteiger partial charge in [0.05, 0.1) is 24.2 Å². The summed E-state index contributed by atoms with van der Waals surface area (Å²) in [5.41, 5.74) is 15.9. The Hall–Kier alpha value is -1.94. The third kappa shape index (κ3) is 15.9. The molecule has 260 valence electrons. The molecule has 0 saturated carbocycles. The van der Waals surface area contributed by atoms with Crippen LogP contribution in [0.15, 0.2) is 0 Å². The summed E-state index contributed by atoms with van der Waals surface area (Å²) in [7, 11) is 0. The highest BCUT2D eigenvalue weighted by atomic mass is 32.2. The Labute approximate surface area is 277 Å². The highest BCUT2D eigenvalue weighted by Crippen LogP contribution is 2.34. The lowest BCUT2D eigenvalue weighted by atomic mass is 10.0. The molecule has 0 aromatic heterocycles. The fourth-order valence-corrected chi connectivity index (χ4v) is 8.85. The number of nitrogens with one attached hydrogen (secondary N) is 5. The van der Waals surface area contributed by atoms with Gasteiger partial charge in [0, 0.05) is 41.4 Å². The van der Waals surface area contributed by atoms with E-state index in [-0.39, 0.29) is 42.5 Å². The van der Waals surface area contributed by atoms with E-state index >= 15 is 0 Å². The zero-order chi connectivity index (χ0) is 32.9. The summed E-state index contributed by atoms with van der Waals surface area (Å²) in [6.45, 7) is 3.10. The number of thioether (sulfide) groups is 2. The van der Waals surface area contributed by atoms with E-state index in [1.807, 2.05) is 23.5 Å². The summed E-state index contributed by atoms with van der Waals surface area (Å²) >= 11 is 3.80. The molecule has 1 unspecified atom stereocenters. The van der Waals surface area contributed by atoms with Crippen molar-refractivity contribution >= 4 is 47.5 Å². The molecule has 4 aliphatic rings. The number of amides is 5. The summed E-state index contributed by atoms with van der Waals surface area (Å²) in [5, 5.41) is 24.2. The van der Waals surface area contributed by atoms with Gasteiger partial charge in [-0.15, -0.1) is 0 Å². The molecule has 4 aliphatic heterocycles. The van der Waals surface area contributed by atoms with Crippen molar-refractivity contribution in [2.75, 3.05) is 37.7 Å². The fourth-order valence-electron chi connectivity index (χ4n) is 5.77. The standard InChI is InChI=1S/C15H28N4O2S.C10H16N2O3S.C5H14N2/c16-8-4-1-5-9-17-13(20)7-3-2-6-12-14-11(10-22-12)18-15(21)19-14;13-8(14)4-2-1-3-7-9-6(5-16-7)11-10(15)12-9;6-4-2-1-3-5-7/h11-12,14H,1-10,16H2,(H,17,20)(H2,18,19,21);6-7,9H,1-5H2,(H,13,14)(H2,11,12,15);1-7H2/t11-,12?,14-;6-,7-,9-;/m00./s1. The minimum absolute atomic E-state index is 0.0330. The number of urea groups is 2. The Bertz CT molecular complexity index is 885. The van der Waals surface area contributed by atoms with Gasteiger partial charge in [-0.2, -0.15) is 23.5 Å². The molecular formula is C30H58N8O5S2. The highest BCUT2D eigenvalue weighted by molar-refractivity contribution is 8.00. The van der Waals surface area contributed by atoms with Crippen molar-refractivity contribution in [3.63, 3.8) is 0 Å². The second-order valence-electron chi connectivity index (χ2n) is 12.0. The predicted octanol–water partition coefficient (Wildman–Crippen LogP) is 1.83. The maximum Gasteiger partial charge on any atom is 0.315 e. The second-order valence-corrected chi connectivity index (χ2v) is 14.5. The van der Waals surface area contributed by atoms with Crippen LogP contribution < -0.4 is 43.8 Å². The molecule has 4 fully saturated rings. The van der Waals surface area contributed by atoms with Crippen LogP contribution in [0.1, 0.15) is 89.9 Å². The lowest BCUT2D eigenvalue weighted by Crippen LogP contribution is -2.36. The lowest BCUT2D eigenvalue weighted by Gasteiger charge is -2.16. The zero-order valence-corrected chi connectivity index (χ0v) is 28.4. The number of carboxylic acid groups (broad SMARTS) is 1. The molecule has 13 nitrogen and oxygen atoms in total. The van der Waals surface area contributed by atoms with Gasteiger partial charge >= 0.3 is 18.0 Å². The van der Waals surface area contributed by atoms with E-state index in [1.54, 1.807) is 0 Å². The number of rotatable bonds is 19. The molecule has 0 aromatic carbocycles. The number of aliphatic carboxylic acids is 1. The zero-order valence-electron chi connectivity index (χ0n) is 26.7. The molecule has 45 heavy (non-hydrogen) atoms. The van der Waals surface area contributed by atoms with Crippen molar-refractivity contribution in [1.82, 2.24) is 26.6 Å². The predicted molar refractivity (Wildman–Crippen MR) is 183 cm³/mol. The van der Waals surface area contributed by atoms with E-state index < -0.39 is 5.97 Å². The van der Waals surface area contributed by atoms with Gasteiger partial charge in [-0.25, -0.2) is 9.59 Å². The molecule has 4 heterocycles. The first-order chi connectivity index (χ1) is 21.8. The van der Waals surface area contributed by atoms with Crippen molar-refractivity contribution in [3.05, 3.63) is 0 Å². The van der Waals surface area contributed by atoms with Gasteiger partial charge < -0.3 is 48.9 Å². The van der Waals surface area contributed by atoms with Crippen LogP contribution in [0, 0.1) is 0 Å². The largest absolute Gasteiger partial charge is 0.481 e. The Morgan fingerprint density at radius 3 is 1.60 bits per heavy atom. The normalized spacial score (nSPS) is 25.8. The Kier molecular flexibility index (Phi) is 20.4. The Balaban J connectivity index is 0.000000267. The van der Waals surface area contributed by atoms with Gasteiger partial charge in [-0.3, -0.25) is 9.59 Å². The maximum absolute atomic E-state index is 11.7. The third-order valence-corrected chi connectivity index (χ3v) is 11.3. The van der Waals surface area contributed by atoms with Crippen LogP contribution >= 0.6 is 23.5 Å². The van der Waals surface area contributed by atoms with Crippen molar-refractivity contribution in [3.8, 4) is 0 Å². The molecule has 6 atom stereocenters. The van der Waals surface area contributed by atoms with Crippen molar-refractivity contribution in [2.45, 2.75) is 125 Å². The van der Waals surface area contributed by atoms with E-state index in [4.69, 9.17) is 22.3 Å². The lowest BCUT2D eigenvalue weighted by molar-refractivity contribution is -0.137. The van der Waals surface area contributed by atoms with Gasteiger partial charge in [0.2, 0.25) is 5.91 Å². The molecule has 4 saturated heterocycles. The number of carboxylic acids is 1. The van der Waals surface area contributed by atoms with Gasteiger partial charge in [0.25, 0.3) is 0 Å². The average molecular weight is 675 g/mol. The Morgan fingerprint density at radius 2 is 1.13 bits per heavy atom. The number of unbranched alkanes of at least 4 members (excludes halogenated alkanes) is 6. The quantitative estimate of drug-likeness (QED) is 0.0713. The van der Waals surface area contributed by atoms with Gasteiger partial charge in [0.1, 0.15) is 0 Å². The number of hydrogen-bond acceptors (Lipinski definition) is 9. The Morgan fingerprint density at radius 1 is 0.667 bits per heavy atom. The fraction of sp³-hybridized carbons (Fsp3) is 0.867. The van der Waals surface area contributed by atoms with Crippen LogP contribution in [-0.4, -0.2) is 101 Å². The first-order valence-electron chi connectivity index (χ1n) is 16.7. The molecule has 0 aliphatic carbocycles. The number of fused-ring (bicyclic) bond motifs is 2. The second kappa shape index (κ2) is 23.4. The van der Waals surface area contributed by atoms with E-state index in [2.05, 4.69) is 26.6 Å². The van der Waals surface area contributed by atoms with Crippen LogP contribution in [0.2, 0.25) is 0 Å². The minimum atomic E-state index is -0.729. The average Bonchev–Trinajstić information content (AvgIpc) is 3.76. The van der Waals surface area contributed by atoms with Gasteiger partial charge in [0.15, 0.2) is 0 Å². The summed E-state index contributed by atoms with van der Waals surface area (Å²) in [5.74, 6) is 1.39. The van der Waals surface area contributed by atoms with Crippen molar-refractivity contribution in [1.29, 1.82) is 0 Å². The first-order valence-corrected chi connectivity index (χ1v) is 18.8. The smallest absolute Gasteiger partial charge is 0.315 e. The molecular weight excluding hydrogens is 617 g/mol. The number of carbonyl (C=O) groups excluding carboxylic acids is 3. The number of carbonyl (C=O) groups is 4. The van der Waals surface area contributed by atoms with Crippen LogP contribution in [0.25, 0.3) is 0 Å². The van der Waals surface area contributed by atoms with Crippen LogP contribution in [0.5, 0.6) is 0 Å². The summed E-state index contributed by atoms with van der Waals surface area (Å²) < 4.78 is 0. The molecule has 0 spiro atoms.